The van der Waals surface area contributed by atoms with Crippen molar-refractivity contribution >= 4 is 5.97 Å². The Kier molecular flexibility index (Phi) is 3.09. The van der Waals surface area contributed by atoms with Gasteiger partial charge in [0.25, 0.3) is 5.56 Å². The average molecular weight is 275 g/mol. The summed E-state index contributed by atoms with van der Waals surface area (Å²) in [5.41, 5.74) is 1.36. The number of oxazole rings is 1. The summed E-state index contributed by atoms with van der Waals surface area (Å²) < 4.78 is 6.45. The molecule has 2 aromatic heterocycles. The molecular formula is C13H13N3O4. The van der Waals surface area contributed by atoms with Crippen LogP contribution in [0.15, 0.2) is 21.8 Å². The summed E-state index contributed by atoms with van der Waals surface area (Å²) in [6.45, 7) is 0.0897. The first-order valence-corrected chi connectivity index (χ1v) is 6.40. The van der Waals surface area contributed by atoms with Gasteiger partial charge < -0.3 is 9.52 Å². The number of carboxylic acids is 1. The highest BCUT2D eigenvalue weighted by molar-refractivity contribution is 5.84. The molecule has 1 N–H and O–H groups in total. The maximum absolute atomic E-state index is 12.3. The molecule has 1 aliphatic carbocycles. The van der Waals surface area contributed by atoms with Crippen molar-refractivity contribution in [3.05, 3.63) is 45.8 Å². The molecule has 0 unspecified atom stereocenters. The van der Waals surface area contributed by atoms with Gasteiger partial charge in [0.05, 0.1) is 12.0 Å². The molecule has 0 aliphatic heterocycles. The van der Waals surface area contributed by atoms with E-state index in [-0.39, 0.29) is 23.7 Å². The predicted octanol–water partition coefficient (Wildman–Crippen LogP) is 0.857. The number of rotatable bonds is 3. The van der Waals surface area contributed by atoms with E-state index in [9.17, 15) is 9.59 Å². The van der Waals surface area contributed by atoms with Crippen LogP contribution in [0.4, 0.5) is 0 Å². The van der Waals surface area contributed by atoms with Crippen LogP contribution in [0.2, 0.25) is 0 Å². The molecule has 2 aromatic rings. The van der Waals surface area contributed by atoms with Crippen molar-refractivity contribution in [3.63, 3.8) is 0 Å². The Bertz CT molecular complexity index is 717. The van der Waals surface area contributed by atoms with Crippen LogP contribution in [-0.4, -0.2) is 25.6 Å². The van der Waals surface area contributed by atoms with Crippen molar-refractivity contribution in [2.45, 2.75) is 32.2 Å². The number of fused-ring (bicyclic) bond motifs is 1. The molecule has 0 radical (unpaired) electrons. The zero-order chi connectivity index (χ0) is 14.1. The van der Waals surface area contributed by atoms with E-state index in [1.54, 1.807) is 0 Å². The van der Waals surface area contributed by atoms with E-state index in [1.807, 2.05) is 0 Å². The van der Waals surface area contributed by atoms with Crippen LogP contribution in [0.3, 0.4) is 0 Å². The summed E-state index contributed by atoms with van der Waals surface area (Å²) in [7, 11) is 0. The highest BCUT2D eigenvalue weighted by atomic mass is 16.4. The number of aromatic nitrogens is 3. The lowest BCUT2D eigenvalue weighted by Gasteiger charge is -2.14. The first-order chi connectivity index (χ1) is 9.65. The van der Waals surface area contributed by atoms with Crippen LogP contribution < -0.4 is 5.56 Å². The van der Waals surface area contributed by atoms with Gasteiger partial charge in [-0.2, -0.15) is 0 Å². The van der Waals surface area contributed by atoms with Gasteiger partial charge in [0.15, 0.2) is 5.69 Å². The van der Waals surface area contributed by atoms with E-state index in [0.29, 0.717) is 0 Å². The molecule has 0 bridgehead atoms. The number of hydrogen-bond donors (Lipinski definition) is 1. The molecule has 0 amide bonds. The lowest BCUT2D eigenvalue weighted by Crippen LogP contribution is -2.28. The second kappa shape index (κ2) is 4.92. The summed E-state index contributed by atoms with van der Waals surface area (Å²) in [5, 5.41) is 8.77. The highest BCUT2D eigenvalue weighted by Crippen LogP contribution is 2.15. The lowest BCUT2D eigenvalue weighted by atomic mass is 9.97. The molecule has 104 valence electrons. The van der Waals surface area contributed by atoms with E-state index in [1.165, 1.54) is 10.9 Å². The molecule has 3 rings (SSSR count). The zero-order valence-corrected chi connectivity index (χ0v) is 10.7. The molecule has 0 atom stereocenters. The second-order valence-corrected chi connectivity index (χ2v) is 4.74. The van der Waals surface area contributed by atoms with E-state index in [0.717, 1.165) is 43.2 Å². The smallest absolute Gasteiger partial charge is 0.357 e. The molecular weight excluding hydrogens is 262 g/mol. The third kappa shape index (κ3) is 2.22. The van der Waals surface area contributed by atoms with Gasteiger partial charge in [-0.25, -0.2) is 14.8 Å². The van der Waals surface area contributed by atoms with Crippen LogP contribution in [0.1, 0.15) is 40.5 Å². The quantitative estimate of drug-likeness (QED) is 0.891. The van der Waals surface area contributed by atoms with Gasteiger partial charge in [-0.15, -0.1) is 0 Å². The third-order valence-corrected chi connectivity index (χ3v) is 3.39. The Morgan fingerprint density at radius 2 is 2.20 bits per heavy atom. The largest absolute Gasteiger partial charge is 0.476 e. The van der Waals surface area contributed by atoms with E-state index >= 15 is 0 Å². The zero-order valence-electron chi connectivity index (χ0n) is 10.7. The molecule has 0 fully saturated rings. The molecule has 2 heterocycles. The van der Waals surface area contributed by atoms with Crippen molar-refractivity contribution < 1.29 is 14.3 Å². The van der Waals surface area contributed by atoms with Crippen molar-refractivity contribution in [1.82, 2.24) is 14.5 Å². The summed E-state index contributed by atoms with van der Waals surface area (Å²) in [5.74, 6) is -0.974. The Balaban J connectivity index is 1.91. The Morgan fingerprint density at radius 3 is 2.95 bits per heavy atom. The van der Waals surface area contributed by atoms with Crippen LogP contribution in [-0.2, 0) is 19.4 Å². The van der Waals surface area contributed by atoms with Gasteiger partial charge in [0, 0.05) is 5.56 Å². The van der Waals surface area contributed by atoms with Gasteiger partial charge in [0.1, 0.15) is 12.8 Å². The van der Waals surface area contributed by atoms with Crippen molar-refractivity contribution in [2.75, 3.05) is 0 Å². The monoisotopic (exact) mass is 275 g/mol. The number of nitrogens with zero attached hydrogens (tertiary/aromatic N) is 3. The van der Waals surface area contributed by atoms with Crippen LogP contribution >= 0.6 is 0 Å². The van der Waals surface area contributed by atoms with Crippen molar-refractivity contribution in [1.29, 1.82) is 0 Å². The predicted molar refractivity (Wildman–Crippen MR) is 67.7 cm³/mol. The topological polar surface area (TPSA) is 98.2 Å². The van der Waals surface area contributed by atoms with Crippen LogP contribution in [0.25, 0.3) is 0 Å². The minimum absolute atomic E-state index is 0.0897. The second-order valence-electron chi connectivity index (χ2n) is 4.74. The van der Waals surface area contributed by atoms with Crippen LogP contribution in [0.5, 0.6) is 0 Å². The Labute approximate surface area is 113 Å². The van der Waals surface area contributed by atoms with Gasteiger partial charge in [-0.05, 0) is 25.7 Å². The fraction of sp³-hybridized carbons (Fsp3) is 0.385. The standard InChI is InChI=1S/C13H13N3O4/c17-12-8-3-1-2-4-9(8)14-7-16(12)5-11-15-10(6-20-11)13(18)19/h6-7H,1-5H2,(H,18,19). The first-order valence-electron chi connectivity index (χ1n) is 6.40. The number of aryl methyl sites for hydroxylation is 1. The fourth-order valence-electron chi connectivity index (χ4n) is 2.37. The minimum Gasteiger partial charge on any atom is -0.476 e. The highest BCUT2D eigenvalue weighted by Gasteiger charge is 2.17. The molecule has 1 aliphatic rings. The van der Waals surface area contributed by atoms with E-state index < -0.39 is 5.97 Å². The normalized spacial score (nSPS) is 14.0. The van der Waals surface area contributed by atoms with Crippen molar-refractivity contribution in [3.8, 4) is 0 Å². The first kappa shape index (κ1) is 12.6. The summed E-state index contributed by atoms with van der Waals surface area (Å²) in [6, 6.07) is 0. The van der Waals surface area contributed by atoms with Gasteiger partial charge >= 0.3 is 5.97 Å². The fourth-order valence-corrected chi connectivity index (χ4v) is 2.37. The summed E-state index contributed by atoms with van der Waals surface area (Å²) in [6.07, 6.45) is 6.18. The number of hydrogen-bond acceptors (Lipinski definition) is 5. The molecule has 0 spiro atoms. The minimum atomic E-state index is -1.16. The third-order valence-electron chi connectivity index (χ3n) is 3.39. The van der Waals surface area contributed by atoms with Gasteiger partial charge in [0.2, 0.25) is 5.89 Å². The van der Waals surface area contributed by atoms with Crippen molar-refractivity contribution in [2.24, 2.45) is 0 Å². The molecule has 7 heteroatoms. The Hall–Kier alpha value is -2.44. The number of aromatic carboxylic acids is 1. The van der Waals surface area contributed by atoms with E-state index in [2.05, 4.69) is 9.97 Å². The van der Waals surface area contributed by atoms with E-state index in [4.69, 9.17) is 9.52 Å². The number of carbonyl (C=O) groups is 1. The molecule has 0 saturated heterocycles. The number of carboxylic acid groups (broad SMARTS) is 1. The molecule has 0 saturated carbocycles. The maximum Gasteiger partial charge on any atom is 0.357 e. The SMILES string of the molecule is O=C(O)c1coc(Cn2cnc3c(c2=O)CCCC3)n1. The maximum atomic E-state index is 12.3. The molecule has 0 aromatic carbocycles. The van der Waals surface area contributed by atoms with Crippen LogP contribution in [0, 0.1) is 0 Å². The van der Waals surface area contributed by atoms with Gasteiger partial charge in [-0.3, -0.25) is 9.36 Å². The van der Waals surface area contributed by atoms with Gasteiger partial charge in [-0.1, -0.05) is 0 Å². The average Bonchev–Trinajstić information content (AvgIpc) is 2.91. The summed E-state index contributed by atoms with van der Waals surface area (Å²) in [4.78, 5) is 31.1. The molecule has 7 nitrogen and oxygen atoms in total. The summed E-state index contributed by atoms with van der Waals surface area (Å²) >= 11 is 0. The Morgan fingerprint density at radius 1 is 1.40 bits per heavy atom. The lowest BCUT2D eigenvalue weighted by molar-refractivity contribution is 0.0690. The molecule has 20 heavy (non-hydrogen) atoms.